The van der Waals surface area contributed by atoms with E-state index < -0.39 is 0 Å². The van der Waals surface area contributed by atoms with Gasteiger partial charge in [-0.3, -0.25) is 4.79 Å². The normalized spacial score (nSPS) is 13.0. The topological polar surface area (TPSA) is 57.9 Å². The molecule has 0 saturated heterocycles. The molecule has 0 radical (unpaired) electrons. The second kappa shape index (κ2) is 7.86. The SMILES string of the molecule is O=c1c(-c2ccccc2)coc2cc(OCc3cc(Cl)cc4c3OCOC4)ccc12. The lowest BCUT2D eigenvalue weighted by atomic mass is 10.1. The number of halogens is 1. The molecule has 0 bridgehead atoms. The molecule has 150 valence electrons. The molecule has 30 heavy (non-hydrogen) atoms. The lowest BCUT2D eigenvalue weighted by Crippen LogP contribution is -2.14. The van der Waals surface area contributed by atoms with Gasteiger partial charge in [0.1, 0.15) is 30.0 Å². The Morgan fingerprint density at radius 3 is 2.77 bits per heavy atom. The molecule has 0 atom stereocenters. The van der Waals surface area contributed by atoms with Crippen LogP contribution in [-0.2, 0) is 18.0 Å². The molecular weight excluding hydrogens is 404 g/mol. The number of fused-ring (bicyclic) bond motifs is 2. The zero-order chi connectivity index (χ0) is 20.5. The molecule has 0 amide bonds. The Balaban J connectivity index is 1.43. The average Bonchev–Trinajstić information content (AvgIpc) is 2.78. The van der Waals surface area contributed by atoms with Gasteiger partial charge in [-0.2, -0.15) is 0 Å². The van der Waals surface area contributed by atoms with Crippen molar-refractivity contribution >= 4 is 22.6 Å². The lowest BCUT2D eigenvalue weighted by Gasteiger charge is -2.21. The summed E-state index contributed by atoms with van der Waals surface area (Å²) >= 11 is 6.21. The van der Waals surface area contributed by atoms with E-state index in [0.29, 0.717) is 33.9 Å². The molecule has 5 nitrogen and oxygen atoms in total. The monoisotopic (exact) mass is 420 g/mol. The van der Waals surface area contributed by atoms with Crippen LogP contribution in [0.1, 0.15) is 11.1 Å². The molecular formula is C24H17ClO5. The van der Waals surface area contributed by atoms with Gasteiger partial charge in [0.25, 0.3) is 0 Å². The third-order valence-corrected chi connectivity index (χ3v) is 5.20. The Labute approximate surface area is 177 Å². The molecule has 5 rings (SSSR count). The highest BCUT2D eigenvalue weighted by Gasteiger charge is 2.17. The largest absolute Gasteiger partial charge is 0.489 e. The first-order valence-corrected chi connectivity index (χ1v) is 9.82. The van der Waals surface area contributed by atoms with Crippen molar-refractivity contribution in [2.24, 2.45) is 0 Å². The highest BCUT2D eigenvalue weighted by atomic mass is 35.5. The lowest BCUT2D eigenvalue weighted by molar-refractivity contribution is -0.0175. The van der Waals surface area contributed by atoms with E-state index in [4.69, 9.17) is 30.2 Å². The number of hydrogen-bond acceptors (Lipinski definition) is 5. The molecule has 6 heteroatoms. The number of ether oxygens (including phenoxy) is 3. The fourth-order valence-electron chi connectivity index (χ4n) is 3.54. The summed E-state index contributed by atoms with van der Waals surface area (Å²) in [4.78, 5) is 12.9. The highest BCUT2D eigenvalue weighted by molar-refractivity contribution is 6.30. The third kappa shape index (κ3) is 3.54. The second-order valence-corrected chi connectivity index (χ2v) is 7.39. The quantitative estimate of drug-likeness (QED) is 0.432. The van der Waals surface area contributed by atoms with Crippen LogP contribution < -0.4 is 14.9 Å². The van der Waals surface area contributed by atoms with Crippen molar-refractivity contribution < 1.29 is 18.6 Å². The van der Waals surface area contributed by atoms with Crippen LogP contribution in [0.3, 0.4) is 0 Å². The van der Waals surface area contributed by atoms with Crippen molar-refractivity contribution in [2.75, 3.05) is 6.79 Å². The molecule has 0 fully saturated rings. The van der Waals surface area contributed by atoms with Crippen molar-refractivity contribution in [3.63, 3.8) is 0 Å². The summed E-state index contributed by atoms with van der Waals surface area (Å²) in [6, 6.07) is 18.3. The molecule has 0 aliphatic carbocycles. The first-order chi connectivity index (χ1) is 14.7. The number of rotatable bonds is 4. The van der Waals surface area contributed by atoms with Crippen molar-refractivity contribution in [1.29, 1.82) is 0 Å². The van der Waals surface area contributed by atoms with Crippen LogP contribution in [0.4, 0.5) is 0 Å². The fourth-order valence-corrected chi connectivity index (χ4v) is 3.80. The smallest absolute Gasteiger partial charge is 0.200 e. The van der Waals surface area contributed by atoms with E-state index in [-0.39, 0.29) is 18.8 Å². The molecule has 2 heterocycles. The number of benzene rings is 3. The Bertz CT molecular complexity index is 1280. The van der Waals surface area contributed by atoms with Gasteiger partial charge >= 0.3 is 0 Å². The van der Waals surface area contributed by atoms with Gasteiger partial charge in [-0.15, -0.1) is 0 Å². The molecule has 0 saturated carbocycles. The zero-order valence-corrected chi connectivity index (χ0v) is 16.6. The maximum atomic E-state index is 12.9. The van der Waals surface area contributed by atoms with E-state index in [9.17, 15) is 4.79 Å². The molecule has 3 aromatic carbocycles. The first kappa shape index (κ1) is 18.7. The third-order valence-electron chi connectivity index (χ3n) is 4.98. The van der Waals surface area contributed by atoms with Crippen molar-refractivity contribution in [1.82, 2.24) is 0 Å². The van der Waals surface area contributed by atoms with E-state index in [1.54, 1.807) is 18.2 Å². The average molecular weight is 421 g/mol. The molecule has 0 N–H and O–H groups in total. The van der Waals surface area contributed by atoms with E-state index in [0.717, 1.165) is 22.4 Å². The minimum Gasteiger partial charge on any atom is -0.489 e. The Morgan fingerprint density at radius 1 is 1.03 bits per heavy atom. The van der Waals surface area contributed by atoms with Crippen LogP contribution in [0.25, 0.3) is 22.1 Å². The van der Waals surface area contributed by atoms with E-state index in [2.05, 4.69) is 0 Å². The van der Waals surface area contributed by atoms with E-state index >= 15 is 0 Å². The van der Waals surface area contributed by atoms with Crippen molar-refractivity contribution in [2.45, 2.75) is 13.2 Å². The molecule has 0 unspecified atom stereocenters. The van der Waals surface area contributed by atoms with Crippen LogP contribution in [0.2, 0.25) is 5.02 Å². The second-order valence-electron chi connectivity index (χ2n) is 6.95. The predicted molar refractivity (Wildman–Crippen MR) is 114 cm³/mol. The minimum atomic E-state index is -0.0775. The van der Waals surface area contributed by atoms with Crippen molar-refractivity contribution in [3.8, 4) is 22.6 Å². The van der Waals surface area contributed by atoms with E-state index in [1.165, 1.54) is 6.26 Å². The van der Waals surface area contributed by atoms with Gasteiger partial charge in [-0.1, -0.05) is 41.9 Å². The van der Waals surface area contributed by atoms with Crippen LogP contribution in [0.15, 0.2) is 76.1 Å². The van der Waals surface area contributed by atoms with Gasteiger partial charge in [-0.05, 0) is 29.8 Å². The maximum Gasteiger partial charge on any atom is 0.200 e. The summed E-state index contributed by atoms with van der Waals surface area (Å²) < 4.78 is 22.6. The summed E-state index contributed by atoms with van der Waals surface area (Å²) in [6.07, 6.45) is 1.49. The standard InChI is InChI=1S/C24H17ClO5/c25-18-8-16-11-27-14-30-24(16)17(9-18)12-28-19-6-7-20-22(10-19)29-13-21(23(20)26)15-4-2-1-3-5-15/h1-10,13H,11-12,14H2. The summed E-state index contributed by atoms with van der Waals surface area (Å²) in [5, 5.41) is 1.10. The van der Waals surface area contributed by atoms with Gasteiger partial charge in [0.05, 0.1) is 17.6 Å². The van der Waals surface area contributed by atoms with Crippen LogP contribution in [0.5, 0.6) is 11.5 Å². The van der Waals surface area contributed by atoms with Crippen LogP contribution in [-0.4, -0.2) is 6.79 Å². The van der Waals surface area contributed by atoms with Crippen molar-refractivity contribution in [3.05, 3.63) is 93.3 Å². The summed E-state index contributed by atoms with van der Waals surface area (Å²) in [5.41, 5.74) is 3.47. The van der Waals surface area contributed by atoms with Gasteiger partial charge < -0.3 is 18.6 Å². The molecule has 4 aromatic rings. The Kier molecular flexibility index (Phi) is 4.91. The molecule has 1 aromatic heterocycles. The van der Waals surface area contributed by atoms with Gasteiger partial charge in [-0.25, -0.2) is 0 Å². The Hall–Kier alpha value is -3.28. The van der Waals surface area contributed by atoms with Gasteiger partial charge in [0, 0.05) is 22.2 Å². The maximum absolute atomic E-state index is 12.9. The molecule has 0 spiro atoms. The molecule has 1 aliphatic heterocycles. The minimum absolute atomic E-state index is 0.0775. The van der Waals surface area contributed by atoms with Gasteiger partial charge in [0.15, 0.2) is 12.2 Å². The fraction of sp³-hybridized carbons (Fsp3) is 0.125. The summed E-state index contributed by atoms with van der Waals surface area (Å²) in [6.45, 7) is 0.918. The summed E-state index contributed by atoms with van der Waals surface area (Å²) in [5.74, 6) is 1.32. The number of hydrogen-bond donors (Lipinski definition) is 0. The zero-order valence-electron chi connectivity index (χ0n) is 15.9. The molecule has 1 aliphatic rings. The van der Waals surface area contributed by atoms with Crippen LogP contribution in [0, 0.1) is 0 Å². The Morgan fingerprint density at radius 2 is 1.90 bits per heavy atom. The predicted octanol–water partition coefficient (Wildman–Crippen LogP) is 5.56. The van der Waals surface area contributed by atoms with Gasteiger partial charge in [0.2, 0.25) is 0 Å². The highest BCUT2D eigenvalue weighted by Crippen LogP contribution is 2.32. The first-order valence-electron chi connectivity index (χ1n) is 9.45. The summed E-state index contributed by atoms with van der Waals surface area (Å²) in [7, 11) is 0. The van der Waals surface area contributed by atoms with Crippen LogP contribution >= 0.6 is 11.6 Å². The van der Waals surface area contributed by atoms with E-state index in [1.807, 2.05) is 42.5 Å².